The normalized spacial score (nSPS) is 15.3. The van der Waals surface area contributed by atoms with E-state index in [-0.39, 0.29) is 11.2 Å². The fraction of sp³-hybridized carbons (Fsp3) is 0.333. The monoisotopic (exact) mass is 736 g/mol. The van der Waals surface area contributed by atoms with Crippen molar-refractivity contribution in [1.29, 1.82) is 0 Å². The average Bonchev–Trinajstić information content (AvgIpc) is 3.17. The van der Waals surface area contributed by atoms with Gasteiger partial charge < -0.3 is 29.9 Å². The molecule has 4 aromatic rings. The summed E-state index contributed by atoms with van der Waals surface area (Å²) in [5.41, 5.74) is 13.5. The Labute approximate surface area is 277 Å². The maximum atomic E-state index is 12.7. The first-order chi connectivity index (χ1) is 21.1. The number of hydrogen-bond acceptors (Lipinski definition) is 10. The van der Waals surface area contributed by atoms with Crippen molar-refractivity contribution in [3.63, 3.8) is 0 Å². The van der Waals surface area contributed by atoms with Gasteiger partial charge in [0, 0.05) is 27.5 Å². The Morgan fingerprint density at radius 2 is 1.13 bits per heavy atom. The minimum Gasteiger partial charge on any atom is -0.399 e. The molecule has 0 atom stereocenters. The minimum absolute atomic E-state index is 0.381. The molecular formula is C30H38BBrF2N6O4P2. The summed E-state index contributed by atoms with van der Waals surface area (Å²) in [7, 11) is -5.34. The van der Waals surface area contributed by atoms with Gasteiger partial charge in [0.05, 0.1) is 36.0 Å². The van der Waals surface area contributed by atoms with E-state index in [1.807, 2.05) is 39.8 Å². The van der Waals surface area contributed by atoms with Crippen molar-refractivity contribution in [2.45, 2.75) is 38.9 Å². The van der Waals surface area contributed by atoms with Crippen LogP contribution in [0.25, 0.3) is 11.4 Å². The average molecular weight is 737 g/mol. The molecule has 2 aromatic carbocycles. The van der Waals surface area contributed by atoms with Crippen LogP contribution in [0.15, 0.2) is 65.9 Å². The second-order valence-corrected chi connectivity index (χ2v) is 19.4. The van der Waals surface area contributed by atoms with Crippen molar-refractivity contribution < 1.29 is 27.2 Å². The smallest absolute Gasteiger partial charge is 0.399 e. The topological polar surface area (TPSA) is 156 Å². The van der Waals surface area contributed by atoms with Gasteiger partial charge in [-0.25, -0.2) is 28.7 Å². The lowest BCUT2D eigenvalue weighted by atomic mass is 9.79. The maximum Gasteiger partial charge on any atom is 0.494 e. The van der Waals surface area contributed by atoms with Crippen LogP contribution in [0.1, 0.15) is 27.7 Å². The first kappa shape index (κ1) is 37.4. The molecule has 1 fully saturated rings. The Kier molecular flexibility index (Phi) is 11.7. The molecule has 0 saturated carbocycles. The van der Waals surface area contributed by atoms with Gasteiger partial charge in [-0.05, 0) is 106 Å². The Hall–Kier alpha value is -3.02. The molecule has 0 amide bonds. The van der Waals surface area contributed by atoms with Crippen LogP contribution in [0.2, 0.25) is 0 Å². The Bertz CT molecular complexity index is 1730. The number of rotatable bonds is 4. The highest BCUT2D eigenvalue weighted by molar-refractivity contribution is 9.10. The lowest BCUT2D eigenvalue weighted by Crippen LogP contribution is -2.41. The van der Waals surface area contributed by atoms with Crippen LogP contribution in [-0.4, -0.2) is 64.9 Å². The van der Waals surface area contributed by atoms with Crippen LogP contribution in [0, 0.1) is 11.6 Å². The molecule has 1 aliphatic heterocycles. The summed E-state index contributed by atoms with van der Waals surface area (Å²) in [6, 6.07) is 10.6. The molecule has 10 nitrogen and oxygen atoms in total. The zero-order chi connectivity index (χ0) is 34.7. The molecule has 0 unspecified atom stereocenters. The van der Waals surface area contributed by atoms with Gasteiger partial charge in [-0.3, -0.25) is 0 Å². The van der Waals surface area contributed by atoms with Gasteiger partial charge in [0.15, 0.2) is 22.2 Å². The van der Waals surface area contributed by atoms with Crippen molar-refractivity contribution in [1.82, 2.24) is 19.9 Å². The van der Waals surface area contributed by atoms with E-state index in [0.29, 0.717) is 38.1 Å². The number of aromatic nitrogens is 4. The summed E-state index contributed by atoms with van der Waals surface area (Å²) in [5.74, 6) is -0.537. The van der Waals surface area contributed by atoms with Crippen LogP contribution in [0.3, 0.4) is 0 Å². The second-order valence-electron chi connectivity index (χ2n) is 12.3. The van der Waals surface area contributed by atoms with Crippen LogP contribution in [0.4, 0.5) is 20.2 Å². The van der Waals surface area contributed by atoms with E-state index >= 15 is 0 Å². The summed E-state index contributed by atoms with van der Waals surface area (Å²) >= 11 is 2.96. The third-order valence-electron chi connectivity index (χ3n) is 7.24. The van der Waals surface area contributed by atoms with Crippen molar-refractivity contribution in [3.05, 3.63) is 77.6 Å². The molecule has 2 aromatic heterocycles. The second kappa shape index (κ2) is 14.4. The van der Waals surface area contributed by atoms with Gasteiger partial charge in [0.1, 0.15) is 14.3 Å². The minimum atomic E-state index is -2.47. The molecule has 1 aliphatic rings. The summed E-state index contributed by atoms with van der Waals surface area (Å²) in [6.45, 7) is 14.8. The molecule has 246 valence electrons. The summed E-state index contributed by atoms with van der Waals surface area (Å²) < 4.78 is 61.5. The van der Waals surface area contributed by atoms with Gasteiger partial charge in [-0.1, -0.05) is 6.07 Å². The molecular weight excluding hydrogens is 699 g/mol. The lowest BCUT2D eigenvalue weighted by molar-refractivity contribution is 0.00578. The molecule has 0 radical (unpaired) electrons. The highest BCUT2D eigenvalue weighted by Gasteiger charge is 2.51. The molecule has 1 saturated heterocycles. The molecule has 4 N–H and O–H groups in total. The van der Waals surface area contributed by atoms with Crippen molar-refractivity contribution >= 4 is 64.8 Å². The summed E-state index contributed by atoms with van der Waals surface area (Å²) in [4.78, 5) is 14.8. The number of nitrogen functional groups attached to an aromatic ring is 2. The van der Waals surface area contributed by atoms with E-state index in [1.165, 1.54) is 0 Å². The van der Waals surface area contributed by atoms with E-state index in [2.05, 4.69) is 35.9 Å². The number of halogens is 3. The Morgan fingerprint density at radius 1 is 0.717 bits per heavy atom. The fourth-order valence-corrected chi connectivity index (χ4v) is 6.57. The number of benzene rings is 2. The van der Waals surface area contributed by atoms with Gasteiger partial charge in [-0.15, -0.1) is 0 Å². The number of nitrogens with zero attached hydrogens (tertiary/aromatic N) is 4. The van der Waals surface area contributed by atoms with Crippen LogP contribution < -0.4 is 27.5 Å². The highest BCUT2D eigenvalue weighted by Crippen LogP contribution is 2.39. The van der Waals surface area contributed by atoms with Crippen LogP contribution in [-0.2, 0) is 18.4 Å². The highest BCUT2D eigenvalue weighted by atomic mass is 79.9. The van der Waals surface area contributed by atoms with Crippen molar-refractivity contribution in [2.24, 2.45) is 0 Å². The van der Waals surface area contributed by atoms with E-state index in [9.17, 15) is 17.9 Å². The van der Waals surface area contributed by atoms with Gasteiger partial charge >= 0.3 is 7.12 Å². The SMILES string of the molecule is CC1(C)OB(c2ccc(N)c(P(C)(C)=O)c2)OC1(C)C.CP(C)(=O)c1cc(-c2ncc(F)cn2)ccc1N.Fc1cnc(Br)nc1. The zero-order valence-corrected chi connectivity index (χ0v) is 30.3. The van der Waals surface area contributed by atoms with E-state index in [4.69, 9.17) is 20.8 Å². The molecule has 46 heavy (non-hydrogen) atoms. The lowest BCUT2D eigenvalue weighted by Gasteiger charge is -2.32. The quantitative estimate of drug-likeness (QED) is 0.122. The molecule has 0 aliphatic carbocycles. The van der Waals surface area contributed by atoms with Gasteiger partial charge in [0.2, 0.25) is 0 Å². The first-order valence-corrected chi connectivity index (χ1v) is 20.0. The number of hydrogen-bond donors (Lipinski definition) is 2. The Balaban J connectivity index is 0.000000204. The molecule has 5 rings (SSSR count). The van der Waals surface area contributed by atoms with E-state index in [0.717, 1.165) is 30.3 Å². The standard InChI is InChI=1S/C14H23BNO3P.C12H13FN3OP.C4H2BrFN2/c1-13(2)14(3,4)19-15(18-13)10-7-8-11(16)12(9-10)20(5,6)17;1-18(2,17)11-5-8(3-4-10(11)14)12-15-6-9(13)7-16-12;5-4-7-1-3(6)2-8-4/h7-9H,16H2,1-6H3;3-7H,14H2,1-2H3;1-2H. The largest absolute Gasteiger partial charge is 0.494 e. The molecule has 0 spiro atoms. The Morgan fingerprint density at radius 3 is 1.57 bits per heavy atom. The number of anilines is 2. The summed E-state index contributed by atoms with van der Waals surface area (Å²) in [5, 5.41) is 1.28. The molecule has 0 bridgehead atoms. The summed E-state index contributed by atoms with van der Waals surface area (Å²) in [6.07, 6.45) is 4.37. The predicted molar refractivity (Wildman–Crippen MR) is 186 cm³/mol. The van der Waals surface area contributed by atoms with Crippen molar-refractivity contribution in [2.75, 3.05) is 38.1 Å². The van der Waals surface area contributed by atoms with Crippen molar-refractivity contribution in [3.8, 4) is 11.4 Å². The number of nitrogens with two attached hydrogens (primary N) is 2. The van der Waals surface area contributed by atoms with E-state index in [1.54, 1.807) is 50.9 Å². The first-order valence-electron chi connectivity index (χ1n) is 14.0. The predicted octanol–water partition coefficient (Wildman–Crippen LogP) is 5.31. The third kappa shape index (κ3) is 9.75. The fourth-order valence-electron chi connectivity index (χ4n) is 4.06. The molecule has 16 heteroatoms. The zero-order valence-electron chi connectivity index (χ0n) is 27.0. The van der Waals surface area contributed by atoms with Crippen LogP contribution in [0.5, 0.6) is 0 Å². The van der Waals surface area contributed by atoms with Gasteiger partial charge in [-0.2, -0.15) is 0 Å². The van der Waals surface area contributed by atoms with E-state index < -0.39 is 33.0 Å². The van der Waals surface area contributed by atoms with Crippen LogP contribution >= 0.6 is 30.2 Å². The third-order valence-corrected chi connectivity index (χ3v) is 10.7. The molecule has 3 heterocycles. The van der Waals surface area contributed by atoms with Gasteiger partial charge in [0.25, 0.3) is 0 Å². The maximum absolute atomic E-state index is 12.7.